The highest BCUT2D eigenvalue weighted by Crippen LogP contribution is 2.27. The number of hydrogen-bond donors (Lipinski definition) is 1. The SMILES string of the molecule is O=C(Nc1ccc2nccnc2c1)C1CCC1. The molecule has 86 valence electrons. The van der Waals surface area contributed by atoms with E-state index < -0.39 is 0 Å². The minimum atomic E-state index is 0.125. The molecule has 0 bridgehead atoms. The van der Waals surface area contributed by atoms with E-state index in [-0.39, 0.29) is 11.8 Å². The summed E-state index contributed by atoms with van der Waals surface area (Å²) < 4.78 is 0. The Labute approximate surface area is 99.1 Å². The van der Waals surface area contributed by atoms with Gasteiger partial charge in [-0.1, -0.05) is 6.42 Å². The zero-order chi connectivity index (χ0) is 11.7. The van der Waals surface area contributed by atoms with Crippen LogP contribution in [0.2, 0.25) is 0 Å². The predicted octanol–water partition coefficient (Wildman–Crippen LogP) is 2.37. The van der Waals surface area contributed by atoms with Crippen molar-refractivity contribution in [3.8, 4) is 0 Å². The van der Waals surface area contributed by atoms with Crippen molar-refractivity contribution >= 4 is 22.6 Å². The van der Waals surface area contributed by atoms with Crippen LogP contribution in [0, 0.1) is 5.92 Å². The van der Waals surface area contributed by atoms with Crippen LogP contribution >= 0.6 is 0 Å². The maximum absolute atomic E-state index is 11.8. The lowest BCUT2D eigenvalue weighted by molar-refractivity contribution is -0.122. The highest BCUT2D eigenvalue weighted by atomic mass is 16.1. The second-order valence-corrected chi connectivity index (χ2v) is 4.38. The third-order valence-corrected chi connectivity index (χ3v) is 3.21. The van der Waals surface area contributed by atoms with Gasteiger partial charge in [-0.25, -0.2) is 0 Å². The average Bonchev–Trinajstić information content (AvgIpc) is 2.26. The van der Waals surface area contributed by atoms with Gasteiger partial charge in [0.15, 0.2) is 0 Å². The Morgan fingerprint density at radius 3 is 2.65 bits per heavy atom. The van der Waals surface area contributed by atoms with E-state index in [2.05, 4.69) is 15.3 Å². The van der Waals surface area contributed by atoms with Gasteiger partial charge in [-0.05, 0) is 31.0 Å². The molecule has 0 atom stereocenters. The number of fused-ring (bicyclic) bond motifs is 1. The molecular weight excluding hydrogens is 214 g/mol. The van der Waals surface area contributed by atoms with E-state index in [0.717, 1.165) is 29.6 Å². The molecule has 0 spiro atoms. The second-order valence-electron chi connectivity index (χ2n) is 4.38. The van der Waals surface area contributed by atoms with Crippen LogP contribution in [0.5, 0.6) is 0 Å². The van der Waals surface area contributed by atoms with E-state index in [1.165, 1.54) is 6.42 Å². The molecule has 4 heteroatoms. The van der Waals surface area contributed by atoms with Crippen molar-refractivity contribution in [3.05, 3.63) is 30.6 Å². The number of amides is 1. The molecule has 0 aliphatic heterocycles. The molecule has 0 unspecified atom stereocenters. The topological polar surface area (TPSA) is 54.9 Å². The fourth-order valence-corrected chi connectivity index (χ4v) is 1.96. The summed E-state index contributed by atoms with van der Waals surface area (Å²) in [4.78, 5) is 20.2. The summed E-state index contributed by atoms with van der Waals surface area (Å²) in [6, 6.07) is 5.60. The third-order valence-electron chi connectivity index (χ3n) is 3.21. The van der Waals surface area contributed by atoms with Crippen molar-refractivity contribution < 1.29 is 4.79 Å². The van der Waals surface area contributed by atoms with Crippen molar-refractivity contribution in [1.29, 1.82) is 0 Å². The quantitative estimate of drug-likeness (QED) is 0.856. The summed E-state index contributed by atoms with van der Waals surface area (Å²) in [5, 5.41) is 2.93. The monoisotopic (exact) mass is 227 g/mol. The zero-order valence-corrected chi connectivity index (χ0v) is 9.39. The van der Waals surface area contributed by atoms with Gasteiger partial charge in [0.1, 0.15) is 0 Å². The summed E-state index contributed by atoms with van der Waals surface area (Å²) in [6.07, 6.45) is 6.51. The number of nitrogens with zero attached hydrogens (tertiary/aromatic N) is 2. The van der Waals surface area contributed by atoms with Gasteiger partial charge in [0.25, 0.3) is 0 Å². The molecule has 1 aromatic heterocycles. The van der Waals surface area contributed by atoms with E-state index in [1.807, 2.05) is 18.2 Å². The lowest BCUT2D eigenvalue weighted by atomic mass is 9.85. The Morgan fingerprint density at radius 1 is 1.18 bits per heavy atom. The van der Waals surface area contributed by atoms with Gasteiger partial charge in [-0.2, -0.15) is 0 Å². The molecule has 1 aliphatic carbocycles. The lowest BCUT2D eigenvalue weighted by Crippen LogP contribution is -2.27. The van der Waals surface area contributed by atoms with Crippen LogP contribution in [0.15, 0.2) is 30.6 Å². The normalized spacial score (nSPS) is 15.5. The number of nitrogens with one attached hydrogen (secondary N) is 1. The molecule has 1 saturated carbocycles. The molecule has 1 fully saturated rings. The first kappa shape index (κ1) is 10.2. The molecule has 0 saturated heterocycles. The number of hydrogen-bond acceptors (Lipinski definition) is 3. The minimum Gasteiger partial charge on any atom is -0.326 e. The van der Waals surface area contributed by atoms with Crippen LogP contribution in [-0.2, 0) is 4.79 Å². The number of carbonyl (C=O) groups excluding carboxylic acids is 1. The van der Waals surface area contributed by atoms with E-state index in [0.29, 0.717) is 0 Å². The van der Waals surface area contributed by atoms with Gasteiger partial charge < -0.3 is 5.32 Å². The third kappa shape index (κ3) is 1.98. The lowest BCUT2D eigenvalue weighted by Gasteiger charge is -2.24. The second kappa shape index (κ2) is 4.13. The Morgan fingerprint density at radius 2 is 1.94 bits per heavy atom. The molecule has 1 aliphatic rings. The van der Waals surface area contributed by atoms with Gasteiger partial charge in [0.05, 0.1) is 11.0 Å². The highest BCUT2D eigenvalue weighted by Gasteiger charge is 2.25. The van der Waals surface area contributed by atoms with Gasteiger partial charge in [0, 0.05) is 24.0 Å². The number of anilines is 1. The van der Waals surface area contributed by atoms with Crippen LogP contribution in [0.3, 0.4) is 0 Å². The molecule has 1 heterocycles. The Bertz CT molecular complexity index is 563. The first-order valence-corrected chi connectivity index (χ1v) is 5.84. The number of rotatable bonds is 2. The molecule has 3 rings (SSSR count). The number of aromatic nitrogens is 2. The first-order chi connectivity index (χ1) is 8.33. The Hall–Kier alpha value is -1.97. The number of carbonyl (C=O) groups is 1. The van der Waals surface area contributed by atoms with Crippen LogP contribution in [-0.4, -0.2) is 15.9 Å². The summed E-state index contributed by atoms with van der Waals surface area (Å²) in [5.41, 5.74) is 2.45. The Kier molecular flexibility index (Phi) is 2.48. The molecule has 1 amide bonds. The minimum absolute atomic E-state index is 0.125. The molecular formula is C13H13N3O. The van der Waals surface area contributed by atoms with Gasteiger partial charge >= 0.3 is 0 Å². The van der Waals surface area contributed by atoms with Gasteiger partial charge in [-0.3, -0.25) is 14.8 Å². The van der Waals surface area contributed by atoms with Crippen LogP contribution in [0.4, 0.5) is 5.69 Å². The molecule has 1 N–H and O–H groups in total. The fraction of sp³-hybridized carbons (Fsp3) is 0.308. The molecule has 17 heavy (non-hydrogen) atoms. The smallest absolute Gasteiger partial charge is 0.227 e. The fourth-order valence-electron chi connectivity index (χ4n) is 1.96. The maximum Gasteiger partial charge on any atom is 0.227 e. The average molecular weight is 227 g/mol. The Balaban J connectivity index is 1.82. The molecule has 2 aromatic rings. The van der Waals surface area contributed by atoms with E-state index >= 15 is 0 Å². The van der Waals surface area contributed by atoms with Crippen LogP contribution < -0.4 is 5.32 Å². The molecule has 4 nitrogen and oxygen atoms in total. The summed E-state index contributed by atoms with van der Waals surface area (Å²) in [7, 11) is 0. The van der Waals surface area contributed by atoms with Crippen molar-refractivity contribution in [2.24, 2.45) is 5.92 Å². The van der Waals surface area contributed by atoms with Crippen LogP contribution in [0.25, 0.3) is 11.0 Å². The van der Waals surface area contributed by atoms with Crippen molar-refractivity contribution in [2.75, 3.05) is 5.32 Å². The van der Waals surface area contributed by atoms with E-state index in [1.54, 1.807) is 12.4 Å². The van der Waals surface area contributed by atoms with Crippen LogP contribution in [0.1, 0.15) is 19.3 Å². The number of benzene rings is 1. The maximum atomic E-state index is 11.8. The standard InChI is InChI=1S/C13H13N3O/c17-13(9-2-1-3-9)16-10-4-5-11-12(8-10)15-7-6-14-11/h4-9H,1-3H2,(H,16,17). The van der Waals surface area contributed by atoms with Gasteiger partial charge in [0.2, 0.25) is 5.91 Å². The van der Waals surface area contributed by atoms with Gasteiger partial charge in [-0.15, -0.1) is 0 Å². The van der Waals surface area contributed by atoms with Crippen molar-refractivity contribution in [2.45, 2.75) is 19.3 Å². The highest BCUT2D eigenvalue weighted by molar-refractivity contribution is 5.94. The zero-order valence-electron chi connectivity index (χ0n) is 9.39. The first-order valence-electron chi connectivity index (χ1n) is 5.84. The molecule has 0 radical (unpaired) electrons. The van der Waals surface area contributed by atoms with E-state index in [4.69, 9.17) is 0 Å². The summed E-state index contributed by atoms with van der Waals surface area (Å²) in [5.74, 6) is 0.326. The van der Waals surface area contributed by atoms with Crippen molar-refractivity contribution in [3.63, 3.8) is 0 Å². The largest absolute Gasteiger partial charge is 0.326 e. The van der Waals surface area contributed by atoms with E-state index in [9.17, 15) is 4.79 Å². The van der Waals surface area contributed by atoms with Crippen molar-refractivity contribution in [1.82, 2.24) is 9.97 Å². The predicted molar refractivity (Wildman–Crippen MR) is 65.5 cm³/mol. The summed E-state index contributed by atoms with van der Waals surface area (Å²) in [6.45, 7) is 0. The molecule has 1 aromatic carbocycles. The summed E-state index contributed by atoms with van der Waals surface area (Å²) >= 11 is 0.